The van der Waals surface area contributed by atoms with Crippen LogP contribution in [0.25, 0.3) is 0 Å². The van der Waals surface area contributed by atoms with Crippen LogP contribution in [-0.2, 0) is 0 Å². The number of carbonyl (C=O) groups excluding carboxylic acids is 1. The molecule has 5 nitrogen and oxygen atoms in total. The minimum absolute atomic E-state index is 0.233. The summed E-state index contributed by atoms with van der Waals surface area (Å²) >= 11 is 0. The van der Waals surface area contributed by atoms with E-state index in [0.717, 1.165) is 6.26 Å². The van der Waals surface area contributed by atoms with Crippen LogP contribution < -0.4 is 10.9 Å². The topological polar surface area (TPSA) is 83.1 Å². The summed E-state index contributed by atoms with van der Waals surface area (Å²) < 4.78 is 4.59. The number of anilines is 1. The third-order valence-electron chi connectivity index (χ3n) is 2.21. The van der Waals surface area contributed by atoms with Crippen molar-refractivity contribution in [3.8, 4) is 6.07 Å². The normalized spacial score (nSPS) is 9.50. The van der Waals surface area contributed by atoms with Gasteiger partial charge in [-0.1, -0.05) is 6.07 Å². The standard InChI is InChI=1S/C13H8N2O3/c14-7-9-2-1-3-11(6-9)15-13(17)10-4-5-12(16)18-8-10/h1-6,8H,(H,15,17). The van der Waals surface area contributed by atoms with Gasteiger partial charge >= 0.3 is 5.63 Å². The van der Waals surface area contributed by atoms with Gasteiger partial charge in [-0.25, -0.2) is 4.79 Å². The van der Waals surface area contributed by atoms with Crippen LogP contribution in [0.3, 0.4) is 0 Å². The summed E-state index contributed by atoms with van der Waals surface area (Å²) in [5.74, 6) is -0.408. The van der Waals surface area contributed by atoms with E-state index in [2.05, 4.69) is 9.73 Å². The van der Waals surface area contributed by atoms with Crippen LogP contribution in [0.4, 0.5) is 5.69 Å². The molecule has 2 rings (SSSR count). The Bertz CT molecular complexity index is 663. The largest absolute Gasteiger partial charge is 0.430 e. The van der Waals surface area contributed by atoms with Crippen molar-refractivity contribution in [3.05, 3.63) is 64.2 Å². The Balaban J connectivity index is 2.19. The fourth-order valence-electron chi connectivity index (χ4n) is 1.36. The van der Waals surface area contributed by atoms with Crippen LogP contribution in [0, 0.1) is 11.3 Å². The second-order valence-corrected chi connectivity index (χ2v) is 3.49. The maximum absolute atomic E-state index is 11.8. The van der Waals surface area contributed by atoms with E-state index in [1.54, 1.807) is 24.3 Å². The highest BCUT2D eigenvalue weighted by atomic mass is 16.4. The zero-order valence-electron chi connectivity index (χ0n) is 9.21. The molecule has 1 amide bonds. The summed E-state index contributed by atoms with van der Waals surface area (Å²) in [6.07, 6.45) is 1.09. The van der Waals surface area contributed by atoms with Crippen molar-refractivity contribution in [2.24, 2.45) is 0 Å². The molecule has 88 valence electrons. The molecule has 0 aliphatic carbocycles. The highest BCUT2D eigenvalue weighted by molar-refractivity contribution is 6.03. The molecule has 5 heteroatoms. The van der Waals surface area contributed by atoms with Crippen molar-refractivity contribution < 1.29 is 9.21 Å². The van der Waals surface area contributed by atoms with Gasteiger partial charge in [-0.15, -0.1) is 0 Å². The van der Waals surface area contributed by atoms with Gasteiger partial charge in [0, 0.05) is 11.8 Å². The molecule has 2 aromatic rings. The summed E-state index contributed by atoms with van der Waals surface area (Å²) in [6.45, 7) is 0. The molecule has 1 heterocycles. The number of nitrogens with one attached hydrogen (secondary N) is 1. The lowest BCUT2D eigenvalue weighted by atomic mass is 10.2. The van der Waals surface area contributed by atoms with E-state index in [9.17, 15) is 9.59 Å². The second kappa shape index (κ2) is 4.97. The van der Waals surface area contributed by atoms with Crippen molar-refractivity contribution in [2.45, 2.75) is 0 Å². The average molecular weight is 240 g/mol. The SMILES string of the molecule is N#Cc1cccc(NC(=O)c2ccc(=O)oc2)c1. The van der Waals surface area contributed by atoms with Crippen molar-refractivity contribution in [1.29, 1.82) is 5.26 Å². The van der Waals surface area contributed by atoms with Gasteiger partial charge in [-0.3, -0.25) is 4.79 Å². The fraction of sp³-hybridized carbons (Fsp3) is 0. The molecule has 0 unspecified atom stereocenters. The third-order valence-corrected chi connectivity index (χ3v) is 2.21. The molecular weight excluding hydrogens is 232 g/mol. The molecule has 0 atom stereocenters. The highest BCUT2D eigenvalue weighted by Gasteiger charge is 2.07. The monoisotopic (exact) mass is 240 g/mol. The number of hydrogen-bond acceptors (Lipinski definition) is 4. The minimum atomic E-state index is -0.516. The molecule has 18 heavy (non-hydrogen) atoms. The van der Waals surface area contributed by atoms with Crippen LogP contribution >= 0.6 is 0 Å². The first-order valence-corrected chi connectivity index (χ1v) is 5.09. The first-order chi connectivity index (χ1) is 8.69. The van der Waals surface area contributed by atoms with Gasteiger partial charge in [0.05, 0.1) is 17.2 Å². The van der Waals surface area contributed by atoms with Gasteiger partial charge in [-0.2, -0.15) is 5.26 Å². The van der Waals surface area contributed by atoms with Gasteiger partial charge in [0.1, 0.15) is 6.26 Å². The Morgan fingerprint density at radius 1 is 1.28 bits per heavy atom. The molecule has 1 aromatic carbocycles. The Morgan fingerprint density at radius 2 is 2.11 bits per heavy atom. The molecule has 1 aromatic heterocycles. The smallest absolute Gasteiger partial charge is 0.335 e. The summed E-state index contributed by atoms with van der Waals surface area (Å²) in [4.78, 5) is 22.5. The van der Waals surface area contributed by atoms with Crippen molar-refractivity contribution >= 4 is 11.6 Å². The van der Waals surface area contributed by atoms with E-state index in [1.807, 2.05) is 6.07 Å². The lowest BCUT2D eigenvalue weighted by molar-refractivity contribution is 0.102. The van der Waals surface area contributed by atoms with Gasteiger partial charge in [-0.05, 0) is 24.3 Å². The first-order valence-electron chi connectivity index (χ1n) is 5.09. The molecular formula is C13H8N2O3. The number of amides is 1. The minimum Gasteiger partial charge on any atom is -0.430 e. The Morgan fingerprint density at radius 3 is 2.78 bits per heavy atom. The lowest BCUT2D eigenvalue weighted by Crippen LogP contribution is -2.12. The summed E-state index contributed by atoms with van der Waals surface area (Å²) in [6, 6.07) is 11.0. The van der Waals surface area contributed by atoms with Crippen LogP contribution in [0.15, 0.2) is 51.9 Å². The van der Waals surface area contributed by atoms with Crippen LogP contribution in [-0.4, -0.2) is 5.91 Å². The number of benzene rings is 1. The molecule has 0 saturated heterocycles. The zero-order valence-corrected chi connectivity index (χ0v) is 9.21. The van der Waals surface area contributed by atoms with E-state index in [1.165, 1.54) is 12.1 Å². The molecule has 0 bridgehead atoms. The number of rotatable bonds is 2. The maximum Gasteiger partial charge on any atom is 0.335 e. The van der Waals surface area contributed by atoms with Crippen molar-refractivity contribution in [1.82, 2.24) is 0 Å². The Labute approximate surface area is 102 Å². The van der Waals surface area contributed by atoms with Gasteiger partial charge in [0.15, 0.2) is 0 Å². The van der Waals surface area contributed by atoms with E-state index in [4.69, 9.17) is 5.26 Å². The number of hydrogen-bond donors (Lipinski definition) is 1. The van der Waals surface area contributed by atoms with Crippen LogP contribution in [0.2, 0.25) is 0 Å². The first kappa shape index (κ1) is 11.6. The zero-order chi connectivity index (χ0) is 13.0. The molecule has 0 aliphatic heterocycles. The fourth-order valence-corrected chi connectivity index (χ4v) is 1.36. The van der Waals surface area contributed by atoms with E-state index in [-0.39, 0.29) is 5.56 Å². The molecule has 0 saturated carbocycles. The molecule has 1 N–H and O–H groups in total. The number of nitriles is 1. The third kappa shape index (κ3) is 2.62. The number of carbonyl (C=O) groups is 1. The second-order valence-electron chi connectivity index (χ2n) is 3.49. The van der Waals surface area contributed by atoms with Crippen molar-refractivity contribution in [3.63, 3.8) is 0 Å². The maximum atomic E-state index is 11.8. The predicted octanol–water partition coefficient (Wildman–Crippen LogP) is 1.76. The van der Waals surface area contributed by atoms with Gasteiger partial charge < -0.3 is 9.73 Å². The number of nitrogens with zero attached hydrogens (tertiary/aromatic N) is 1. The molecule has 0 fully saturated rings. The average Bonchev–Trinajstić information content (AvgIpc) is 2.39. The van der Waals surface area contributed by atoms with Crippen molar-refractivity contribution in [2.75, 3.05) is 5.32 Å². The molecule has 0 radical (unpaired) electrons. The van der Waals surface area contributed by atoms with E-state index in [0.29, 0.717) is 11.3 Å². The predicted molar refractivity (Wildman–Crippen MR) is 64.1 cm³/mol. The van der Waals surface area contributed by atoms with E-state index < -0.39 is 11.5 Å². The Kier molecular flexibility index (Phi) is 3.21. The van der Waals surface area contributed by atoms with E-state index >= 15 is 0 Å². The molecule has 0 aliphatic rings. The highest BCUT2D eigenvalue weighted by Crippen LogP contribution is 2.11. The lowest BCUT2D eigenvalue weighted by Gasteiger charge is -2.04. The summed E-state index contributed by atoms with van der Waals surface area (Å²) in [7, 11) is 0. The van der Waals surface area contributed by atoms with Gasteiger partial charge in [0.2, 0.25) is 0 Å². The quantitative estimate of drug-likeness (QED) is 0.866. The summed E-state index contributed by atoms with van der Waals surface area (Å²) in [5, 5.41) is 11.3. The summed E-state index contributed by atoms with van der Waals surface area (Å²) in [5.41, 5.74) is 0.674. The van der Waals surface area contributed by atoms with Gasteiger partial charge in [0.25, 0.3) is 5.91 Å². The molecule has 0 spiro atoms. The van der Waals surface area contributed by atoms with Crippen LogP contribution in [0.5, 0.6) is 0 Å². The van der Waals surface area contributed by atoms with Crippen LogP contribution in [0.1, 0.15) is 15.9 Å². The Hall–Kier alpha value is -2.87.